The molecule has 0 spiro atoms. The molecule has 0 aliphatic rings. The molecule has 1 aromatic carbocycles. The maximum atomic E-state index is 12.2. The quantitative estimate of drug-likeness (QED) is 0.651. The van der Waals surface area contributed by atoms with Gasteiger partial charge in [0.2, 0.25) is 5.91 Å². The monoisotopic (exact) mass is 327 g/mol. The van der Waals surface area contributed by atoms with Crippen molar-refractivity contribution in [3.05, 3.63) is 29.8 Å². The molecule has 24 heavy (non-hydrogen) atoms. The molecule has 0 aliphatic carbocycles. The van der Waals surface area contributed by atoms with Gasteiger partial charge in [0.1, 0.15) is 0 Å². The molecule has 0 radical (unpaired) electrons. The van der Waals surface area contributed by atoms with Gasteiger partial charge in [-0.25, -0.2) is 0 Å². The Balaban J connectivity index is 2.85. The van der Waals surface area contributed by atoms with E-state index in [1.807, 2.05) is 25.1 Å². The molecule has 1 aromatic rings. The molecule has 0 saturated carbocycles. The first kappa shape index (κ1) is 19.1. The summed E-state index contributed by atoms with van der Waals surface area (Å²) < 4.78 is 10.7. The third-order valence-corrected chi connectivity index (χ3v) is 3.20. The zero-order chi connectivity index (χ0) is 17.8. The molecule has 6 nitrogen and oxygen atoms in total. The Morgan fingerprint density at radius 1 is 1.21 bits per heavy atom. The summed E-state index contributed by atoms with van der Waals surface area (Å²) in [6, 6.07) is 9.40. The van der Waals surface area contributed by atoms with Gasteiger partial charge in [-0.1, -0.05) is 6.07 Å². The van der Waals surface area contributed by atoms with Gasteiger partial charge in [-0.3, -0.25) is 4.79 Å². The van der Waals surface area contributed by atoms with Crippen LogP contribution in [0.5, 0.6) is 11.5 Å². The first-order valence-electron chi connectivity index (χ1n) is 7.68. The molecule has 0 N–H and O–H groups in total. The molecule has 0 unspecified atom stereocenters. The molecule has 0 heterocycles. The highest BCUT2D eigenvalue weighted by atomic mass is 16.5. The number of nitriles is 2. The minimum absolute atomic E-state index is 0.228. The molecule has 0 fully saturated rings. The van der Waals surface area contributed by atoms with Gasteiger partial charge in [-0.15, -0.1) is 0 Å². The SMILES string of the molecule is CCOc1cc(/C=C/C(=O)N(CCC#N)CCC#N)ccc1OC. The molecule has 1 amide bonds. The number of nitrogens with zero attached hydrogens (tertiary/aromatic N) is 3. The van der Waals surface area contributed by atoms with Crippen molar-refractivity contribution in [1.29, 1.82) is 10.5 Å². The lowest BCUT2D eigenvalue weighted by atomic mass is 10.2. The van der Waals surface area contributed by atoms with Crippen LogP contribution in [0.1, 0.15) is 25.3 Å². The second-order valence-corrected chi connectivity index (χ2v) is 4.82. The molecule has 6 heteroatoms. The maximum Gasteiger partial charge on any atom is 0.246 e. The fraction of sp³-hybridized carbons (Fsp3) is 0.389. The predicted octanol–water partition coefficient (Wildman–Crippen LogP) is 2.76. The van der Waals surface area contributed by atoms with Crippen LogP contribution in [0.15, 0.2) is 24.3 Å². The van der Waals surface area contributed by atoms with Crippen LogP contribution >= 0.6 is 0 Å². The van der Waals surface area contributed by atoms with E-state index in [1.165, 1.54) is 11.0 Å². The van der Waals surface area contributed by atoms with Crippen LogP contribution in [-0.4, -0.2) is 37.6 Å². The van der Waals surface area contributed by atoms with Crippen LogP contribution in [0.3, 0.4) is 0 Å². The lowest BCUT2D eigenvalue weighted by Crippen LogP contribution is -2.31. The van der Waals surface area contributed by atoms with Gasteiger partial charge >= 0.3 is 0 Å². The zero-order valence-electron chi connectivity index (χ0n) is 14.0. The van der Waals surface area contributed by atoms with Crippen molar-refractivity contribution in [2.45, 2.75) is 19.8 Å². The van der Waals surface area contributed by atoms with Crippen LogP contribution in [0, 0.1) is 22.7 Å². The van der Waals surface area contributed by atoms with Crippen LogP contribution < -0.4 is 9.47 Å². The van der Waals surface area contributed by atoms with Gasteiger partial charge in [0.25, 0.3) is 0 Å². The van der Waals surface area contributed by atoms with Crippen molar-refractivity contribution in [3.8, 4) is 23.6 Å². The average molecular weight is 327 g/mol. The molecule has 0 atom stereocenters. The first-order valence-corrected chi connectivity index (χ1v) is 7.68. The first-order chi connectivity index (χ1) is 11.7. The van der Waals surface area contributed by atoms with Crippen molar-refractivity contribution < 1.29 is 14.3 Å². The van der Waals surface area contributed by atoms with Crippen molar-refractivity contribution in [3.63, 3.8) is 0 Å². The number of ether oxygens (including phenoxy) is 2. The van der Waals surface area contributed by atoms with E-state index in [0.717, 1.165) is 5.56 Å². The summed E-state index contributed by atoms with van der Waals surface area (Å²) in [6.07, 6.45) is 3.59. The van der Waals surface area contributed by atoms with Gasteiger partial charge in [-0.2, -0.15) is 10.5 Å². The fourth-order valence-corrected chi connectivity index (χ4v) is 2.04. The summed E-state index contributed by atoms with van der Waals surface area (Å²) in [7, 11) is 1.57. The van der Waals surface area contributed by atoms with Crippen molar-refractivity contribution in [1.82, 2.24) is 4.90 Å². The number of carbonyl (C=O) groups is 1. The standard InChI is InChI=1S/C18H21N3O3/c1-3-24-17-14-15(6-8-16(17)23-2)7-9-18(22)21(12-4-10-19)13-5-11-20/h6-9,14H,3-5,12-13H2,1-2H3/b9-7+. The second kappa shape index (κ2) is 10.7. The number of rotatable bonds is 9. The van der Waals surface area contributed by atoms with Gasteiger partial charge in [0, 0.05) is 19.2 Å². The van der Waals surface area contributed by atoms with Gasteiger partial charge in [0.05, 0.1) is 38.7 Å². The number of benzene rings is 1. The molecule has 1 rings (SSSR count). The van der Waals surface area contributed by atoms with Gasteiger partial charge < -0.3 is 14.4 Å². The Morgan fingerprint density at radius 2 is 1.88 bits per heavy atom. The molecular weight excluding hydrogens is 306 g/mol. The maximum absolute atomic E-state index is 12.2. The molecule has 0 aliphatic heterocycles. The highest BCUT2D eigenvalue weighted by Gasteiger charge is 2.10. The summed E-state index contributed by atoms with van der Waals surface area (Å²) >= 11 is 0. The molecule has 0 bridgehead atoms. The minimum Gasteiger partial charge on any atom is -0.493 e. The summed E-state index contributed by atoms with van der Waals surface area (Å²) in [5.41, 5.74) is 0.799. The van der Waals surface area contributed by atoms with E-state index in [2.05, 4.69) is 0 Å². The van der Waals surface area contributed by atoms with Crippen LogP contribution in [0.2, 0.25) is 0 Å². The largest absolute Gasteiger partial charge is 0.493 e. The summed E-state index contributed by atoms with van der Waals surface area (Å²) in [5.74, 6) is 1.01. The number of hydrogen-bond donors (Lipinski definition) is 0. The van der Waals surface area contributed by atoms with Gasteiger partial charge in [0.15, 0.2) is 11.5 Å². The number of carbonyl (C=O) groups excluding carboxylic acids is 1. The van der Waals surface area contributed by atoms with Crippen LogP contribution in [0.25, 0.3) is 6.08 Å². The van der Waals surface area contributed by atoms with E-state index in [-0.39, 0.29) is 18.7 Å². The summed E-state index contributed by atoms with van der Waals surface area (Å²) in [5, 5.41) is 17.3. The van der Waals surface area contributed by atoms with Crippen molar-refractivity contribution >= 4 is 12.0 Å². The number of amides is 1. The Labute approximate surface area is 142 Å². The van der Waals surface area contributed by atoms with Crippen molar-refractivity contribution in [2.75, 3.05) is 26.8 Å². The van der Waals surface area contributed by atoms with Crippen molar-refractivity contribution in [2.24, 2.45) is 0 Å². The Hall–Kier alpha value is -2.99. The Kier molecular flexibility index (Phi) is 8.49. The van der Waals surface area contributed by atoms with E-state index in [1.54, 1.807) is 25.3 Å². The van der Waals surface area contributed by atoms with Gasteiger partial charge in [-0.05, 0) is 30.7 Å². The molecular formula is C18H21N3O3. The summed E-state index contributed by atoms with van der Waals surface area (Å²) in [6.45, 7) is 3.02. The van der Waals surface area contributed by atoms with E-state index in [9.17, 15) is 4.79 Å². The minimum atomic E-state index is -0.228. The highest BCUT2D eigenvalue weighted by molar-refractivity contribution is 5.91. The van der Waals surface area contributed by atoms with E-state index < -0.39 is 0 Å². The number of hydrogen-bond acceptors (Lipinski definition) is 5. The lowest BCUT2D eigenvalue weighted by Gasteiger charge is -2.18. The van der Waals surface area contributed by atoms with E-state index in [4.69, 9.17) is 20.0 Å². The highest BCUT2D eigenvalue weighted by Crippen LogP contribution is 2.28. The fourth-order valence-electron chi connectivity index (χ4n) is 2.04. The van der Waals surface area contributed by atoms with E-state index in [0.29, 0.717) is 31.2 Å². The average Bonchev–Trinajstić information content (AvgIpc) is 2.60. The topological polar surface area (TPSA) is 86.4 Å². The molecule has 0 aromatic heterocycles. The van der Waals surface area contributed by atoms with Crippen LogP contribution in [0.4, 0.5) is 0 Å². The van der Waals surface area contributed by atoms with E-state index >= 15 is 0 Å². The smallest absolute Gasteiger partial charge is 0.246 e. The Morgan fingerprint density at radius 3 is 2.42 bits per heavy atom. The third kappa shape index (κ3) is 6.02. The molecule has 0 saturated heterocycles. The lowest BCUT2D eigenvalue weighted by molar-refractivity contribution is -0.125. The second-order valence-electron chi connectivity index (χ2n) is 4.82. The Bertz CT molecular complexity index is 638. The van der Waals surface area contributed by atoms with Crippen LogP contribution in [-0.2, 0) is 4.79 Å². The third-order valence-electron chi connectivity index (χ3n) is 3.20. The normalized spacial score (nSPS) is 10.0. The summed E-state index contributed by atoms with van der Waals surface area (Å²) in [4.78, 5) is 13.7. The zero-order valence-corrected chi connectivity index (χ0v) is 14.0. The molecule has 126 valence electrons. The number of methoxy groups -OCH3 is 1. The predicted molar refractivity (Wildman–Crippen MR) is 90.2 cm³/mol.